The SMILES string of the molecule is CCOc1ccc(N([C@@H](CC)C(=O)Nc2ccc(C(C)C)cc2)S(C)(=O)=O)cc1. The van der Waals surface area contributed by atoms with Crippen molar-refractivity contribution >= 4 is 27.3 Å². The standard InChI is InChI=1S/C22H30N2O4S/c1-6-21(22(25)23-18-10-8-17(9-11-18)16(3)4)24(29(5,26)27)19-12-14-20(15-13-19)28-7-2/h8-16,21H,6-7H2,1-5H3,(H,23,25)/t21-/m0/s1. The Hall–Kier alpha value is -2.54. The van der Waals surface area contributed by atoms with Crippen LogP contribution in [0.3, 0.4) is 0 Å². The topological polar surface area (TPSA) is 75.7 Å². The molecule has 0 aliphatic heterocycles. The van der Waals surface area contributed by atoms with Crippen molar-refractivity contribution < 1.29 is 17.9 Å². The maximum absolute atomic E-state index is 13.0. The summed E-state index contributed by atoms with van der Waals surface area (Å²) in [7, 11) is -3.68. The number of hydrogen-bond acceptors (Lipinski definition) is 4. The number of sulfonamides is 1. The lowest BCUT2D eigenvalue weighted by molar-refractivity contribution is -0.117. The van der Waals surface area contributed by atoms with E-state index in [0.29, 0.717) is 36.1 Å². The van der Waals surface area contributed by atoms with E-state index >= 15 is 0 Å². The van der Waals surface area contributed by atoms with Crippen molar-refractivity contribution in [2.75, 3.05) is 22.5 Å². The molecule has 0 heterocycles. The molecule has 2 rings (SSSR count). The molecule has 2 aromatic carbocycles. The average molecular weight is 419 g/mol. The first-order valence-corrected chi connectivity index (χ1v) is 11.6. The van der Waals surface area contributed by atoms with Gasteiger partial charge in [0.25, 0.3) is 0 Å². The van der Waals surface area contributed by atoms with Crippen LogP contribution in [0.15, 0.2) is 48.5 Å². The van der Waals surface area contributed by atoms with Crippen LogP contribution in [0.4, 0.5) is 11.4 Å². The molecule has 0 saturated carbocycles. The highest BCUT2D eigenvalue weighted by Crippen LogP contribution is 2.26. The third kappa shape index (κ3) is 5.97. The summed E-state index contributed by atoms with van der Waals surface area (Å²) in [6.45, 7) is 8.38. The van der Waals surface area contributed by atoms with Gasteiger partial charge in [-0.25, -0.2) is 8.42 Å². The minimum absolute atomic E-state index is 0.330. The van der Waals surface area contributed by atoms with E-state index in [9.17, 15) is 13.2 Å². The average Bonchev–Trinajstić information content (AvgIpc) is 2.66. The van der Waals surface area contributed by atoms with Gasteiger partial charge in [0.05, 0.1) is 18.6 Å². The second-order valence-electron chi connectivity index (χ2n) is 7.18. The van der Waals surface area contributed by atoms with Crippen molar-refractivity contribution in [3.05, 3.63) is 54.1 Å². The molecular formula is C22H30N2O4S. The van der Waals surface area contributed by atoms with Crippen molar-refractivity contribution in [3.8, 4) is 5.75 Å². The fourth-order valence-corrected chi connectivity index (χ4v) is 4.30. The van der Waals surface area contributed by atoms with Gasteiger partial charge in [0, 0.05) is 5.69 Å². The molecule has 1 atom stereocenters. The third-order valence-corrected chi connectivity index (χ3v) is 5.76. The second kappa shape index (κ2) is 9.78. The number of rotatable bonds is 9. The summed E-state index contributed by atoms with van der Waals surface area (Å²) in [4.78, 5) is 13.0. The van der Waals surface area contributed by atoms with E-state index < -0.39 is 16.1 Å². The molecular weight excluding hydrogens is 388 g/mol. The number of anilines is 2. The number of carbonyl (C=O) groups is 1. The van der Waals surface area contributed by atoms with Gasteiger partial charge in [0.15, 0.2) is 0 Å². The molecule has 0 unspecified atom stereocenters. The number of nitrogens with zero attached hydrogens (tertiary/aromatic N) is 1. The molecule has 6 nitrogen and oxygen atoms in total. The van der Waals surface area contributed by atoms with Crippen LogP contribution in [0.5, 0.6) is 5.75 Å². The Bertz CT molecular complexity index is 907. The maximum atomic E-state index is 13.0. The molecule has 7 heteroatoms. The van der Waals surface area contributed by atoms with E-state index in [-0.39, 0.29) is 5.91 Å². The number of nitrogens with one attached hydrogen (secondary N) is 1. The Morgan fingerprint density at radius 1 is 1.03 bits per heavy atom. The predicted molar refractivity (Wildman–Crippen MR) is 118 cm³/mol. The highest BCUT2D eigenvalue weighted by Gasteiger charge is 2.31. The monoisotopic (exact) mass is 418 g/mol. The smallest absolute Gasteiger partial charge is 0.248 e. The molecule has 0 aliphatic carbocycles. The van der Waals surface area contributed by atoms with Crippen molar-refractivity contribution in [2.45, 2.75) is 46.1 Å². The molecule has 0 saturated heterocycles. The van der Waals surface area contributed by atoms with Crippen LogP contribution in [0.1, 0.15) is 45.6 Å². The summed E-state index contributed by atoms with van der Waals surface area (Å²) in [5, 5.41) is 2.84. The van der Waals surface area contributed by atoms with E-state index in [4.69, 9.17) is 4.74 Å². The van der Waals surface area contributed by atoms with E-state index in [2.05, 4.69) is 19.2 Å². The molecule has 0 aromatic heterocycles. The Morgan fingerprint density at radius 2 is 1.62 bits per heavy atom. The van der Waals surface area contributed by atoms with Crippen LogP contribution < -0.4 is 14.4 Å². The molecule has 0 bridgehead atoms. The molecule has 0 spiro atoms. The number of hydrogen-bond donors (Lipinski definition) is 1. The molecule has 0 radical (unpaired) electrons. The van der Waals surface area contributed by atoms with Gasteiger partial charge in [-0.15, -0.1) is 0 Å². The molecule has 158 valence electrons. The van der Waals surface area contributed by atoms with Crippen molar-refractivity contribution in [1.29, 1.82) is 0 Å². The number of carbonyl (C=O) groups excluding carboxylic acids is 1. The van der Waals surface area contributed by atoms with E-state index in [1.54, 1.807) is 31.2 Å². The first-order chi connectivity index (χ1) is 13.7. The zero-order valence-electron chi connectivity index (χ0n) is 17.7. The number of ether oxygens (including phenoxy) is 1. The summed E-state index contributed by atoms with van der Waals surface area (Å²) < 4.78 is 31.7. The van der Waals surface area contributed by atoms with Crippen LogP contribution in [0.25, 0.3) is 0 Å². The molecule has 0 aliphatic rings. The lowest BCUT2D eigenvalue weighted by Gasteiger charge is -2.30. The van der Waals surface area contributed by atoms with E-state index in [1.165, 1.54) is 9.87 Å². The van der Waals surface area contributed by atoms with Crippen LogP contribution in [-0.4, -0.2) is 33.2 Å². The third-order valence-electron chi connectivity index (χ3n) is 4.58. The molecule has 2 aromatic rings. The zero-order chi connectivity index (χ0) is 21.6. The second-order valence-corrected chi connectivity index (χ2v) is 9.04. The quantitative estimate of drug-likeness (QED) is 0.655. The van der Waals surface area contributed by atoms with Gasteiger partial charge < -0.3 is 10.1 Å². The Balaban J connectivity index is 2.29. The fourth-order valence-electron chi connectivity index (χ4n) is 3.09. The van der Waals surface area contributed by atoms with Gasteiger partial charge in [-0.05, 0) is 61.2 Å². The molecule has 1 N–H and O–H groups in total. The lowest BCUT2D eigenvalue weighted by atomic mass is 10.0. The van der Waals surface area contributed by atoms with Gasteiger partial charge in [-0.1, -0.05) is 32.9 Å². The molecule has 1 amide bonds. The van der Waals surface area contributed by atoms with Crippen LogP contribution in [0.2, 0.25) is 0 Å². The maximum Gasteiger partial charge on any atom is 0.248 e. The van der Waals surface area contributed by atoms with E-state index in [0.717, 1.165) is 6.26 Å². The van der Waals surface area contributed by atoms with E-state index in [1.807, 2.05) is 31.2 Å². The first kappa shape index (κ1) is 22.7. The Kier molecular flexibility index (Phi) is 7.67. The summed E-state index contributed by atoms with van der Waals surface area (Å²) in [6, 6.07) is 13.4. The zero-order valence-corrected chi connectivity index (χ0v) is 18.5. The van der Waals surface area contributed by atoms with Crippen molar-refractivity contribution in [3.63, 3.8) is 0 Å². The van der Waals surface area contributed by atoms with Gasteiger partial charge in [-0.2, -0.15) is 0 Å². The van der Waals surface area contributed by atoms with Gasteiger partial charge >= 0.3 is 0 Å². The highest BCUT2D eigenvalue weighted by molar-refractivity contribution is 7.92. The Labute approximate surface area is 173 Å². The summed E-state index contributed by atoms with van der Waals surface area (Å²) in [5.74, 6) is 0.667. The highest BCUT2D eigenvalue weighted by atomic mass is 32.2. The molecule has 29 heavy (non-hydrogen) atoms. The number of benzene rings is 2. The van der Waals surface area contributed by atoms with Gasteiger partial charge in [0.2, 0.25) is 15.9 Å². The first-order valence-electron chi connectivity index (χ1n) is 9.80. The van der Waals surface area contributed by atoms with Gasteiger partial charge in [-0.3, -0.25) is 9.10 Å². The fraction of sp³-hybridized carbons (Fsp3) is 0.409. The predicted octanol–water partition coefficient (Wildman–Crippen LogP) is 4.39. The lowest BCUT2D eigenvalue weighted by Crippen LogP contribution is -2.47. The minimum Gasteiger partial charge on any atom is -0.494 e. The summed E-state index contributed by atoms with van der Waals surface area (Å²) >= 11 is 0. The number of amides is 1. The Morgan fingerprint density at radius 3 is 2.07 bits per heavy atom. The van der Waals surface area contributed by atoms with Crippen LogP contribution >= 0.6 is 0 Å². The molecule has 0 fully saturated rings. The van der Waals surface area contributed by atoms with Crippen molar-refractivity contribution in [2.24, 2.45) is 0 Å². The largest absolute Gasteiger partial charge is 0.494 e. The summed E-state index contributed by atoms with van der Waals surface area (Å²) in [6.07, 6.45) is 1.44. The van der Waals surface area contributed by atoms with Crippen LogP contribution in [-0.2, 0) is 14.8 Å². The van der Waals surface area contributed by atoms with Crippen LogP contribution in [0, 0.1) is 0 Å². The summed E-state index contributed by atoms with van der Waals surface area (Å²) in [5.41, 5.74) is 2.23. The van der Waals surface area contributed by atoms with Gasteiger partial charge in [0.1, 0.15) is 11.8 Å². The normalized spacial score (nSPS) is 12.5. The minimum atomic E-state index is -3.68. The van der Waals surface area contributed by atoms with Crippen molar-refractivity contribution in [1.82, 2.24) is 0 Å².